The number of carbonyl (C=O) groups is 2. The van der Waals surface area contributed by atoms with Crippen molar-refractivity contribution in [1.82, 2.24) is 20.2 Å². The molecule has 108 valence electrons. The van der Waals surface area contributed by atoms with Crippen molar-refractivity contribution in [2.75, 3.05) is 6.54 Å². The number of carbonyl (C=O) groups excluding carboxylic acids is 1. The molecule has 2 amide bonds. The summed E-state index contributed by atoms with van der Waals surface area (Å²) in [5, 5.41) is 21.1. The Morgan fingerprint density at radius 3 is 2.80 bits per heavy atom. The van der Waals surface area contributed by atoms with E-state index in [4.69, 9.17) is 5.11 Å². The van der Waals surface area contributed by atoms with Gasteiger partial charge in [0.25, 0.3) is 0 Å². The number of β-amino-alcohol motifs (C(OH)–C–C–N with tert-alkyl or cyclic N) is 1. The van der Waals surface area contributed by atoms with Crippen LogP contribution in [-0.4, -0.2) is 55.8 Å². The minimum Gasteiger partial charge on any atom is -0.480 e. The number of nitrogens with zero attached hydrogens (tertiary/aromatic N) is 3. The third-order valence-electron chi connectivity index (χ3n) is 3.08. The molecule has 0 unspecified atom stereocenters. The lowest BCUT2D eigenvalue weighted by Crippen LogP contribution is -2.46. The molecule has 0 aromatic carbocycles. The van der Waals surface area contributed by atoms with Gasteiger partial charge in [0.2, 0.25) is 0 Å². The summed E-state index contributed by atoms with van der Waals surface area (Å²) in [4.78, 5) is 32.2. The van der Waals surface area contributed by atoms with Crippen LogP contribution in [0.3, 0.4) is 0 Å². The molecule has 1 aliphatic rings. The van der Waals surface area contributed by atoms with Crippen molar-refractivity contribution < 1.29 is 19.8 Å². The number of aryl methyl sites for hydroxylation is 1. The summed E-state index contributed by atoms with van der Waals surface area (Å²) in [6.07, 6.45) is 2.37. The largest absolute Gasteiger partial charge is 0.480 e. The normalized spacial score (nSPS) is 21.8. The predicted molar refractivity (Wildman–Crippen MR) is 67.8 cm³/mol. The lowest BCUT2D eigenvalue weighted by atomic mass is 10.2. The van der Waals surface area contributed by atoms with Crippen LogP contribution in [0.5, 0.6) is 0 Å². The number of aromatic nitrogens is 2. The molecule has 1 saturated heterocycles. The molecule has 1 aliphatic heterocycles. The quantitative estimate of drug-likeness (QED) is 0.688. The van der Waals surface area contributed by atoms with Crippen LogP contribution in [0.2, 0.25) is 0 Å². The molecular formula is C12H16N4O4. The Bertz CT molecular complexity index is 505. The van der Waals surface area contributed by atoms with E-state index in [1.807, 2.05) is 0 Å². The minimum atomic E-state index is -1.12. The van der Waals surface area contributed by atoms with E-state index in [1.54, 1.807) is 19.3 Å². The van der Waals surface area contributed by atoms with E-state index in [2.05, 4.69) is 15.3 Å². The molecular weight excluding hydrogens is 264 g/mol. The summed E-state index contributed by atoms with van der Waals surface area (Å²) in [5.41, 5.74) is 1.35. The predicted octanol–water partition coefficient (Wildman–Crippen LogP) is -0.486. The molecule has 2 atom stereocenters. The van der Waals surface area contributed by atoms with Crippen LogP contribution in [0, 0.1) is 6.92 Å². The number of aliphatic carboxylic acids is 1. The standard InChI is InChI=1S/C12H16N4O4/c1-7-3-14-8(4-13-7)5-15-12(20)16-6-9(17)2-10(16)11(18)19/h3-4,9-10,17H,2,5-6H2,1H3,(H,15,20)(H,18,19)/t9-,10-/m1/s1. The molecule has 0 bridgehead atoms. The fourth-order valence-electron chi connectivity index (χ4n) is 2.05. The molecule has 0 aliphatic carbocycles. The molecule has 0 spiro atoms. The van der Waals surface area contributed by atoms with Crippen molar-refractivity contribution in [3.05, 3.63) is 23.8 Å². The number of aliphatic hydroxyl groups is 1. The number of carboxylic acids is 1. The monoisotopic (exact) mass is 280 g/mol. The van der Waals surface area contributed by atoms with Gasteiger partial charge in [-0.15, -0.1) is 0 Å². The average molecular weight is 280 g/mol. The van der Waals surface area contributed by atoms with Gasteiger partial charge in [-0.25, -0.2) is 9.59 Å². The Labute approximate surface area is 115 Å². The lowest BCUT2D eigenvalue weighted by Gasteiger charge is -2.21. The lowest BCUT2D eigenvalue weighted by molar-refractivity contribution is -0.141. The Morgan fingerprint density at radius 1 is 1.45 bits per heavy atom. The van der Waals surface area contributed by atoms with Crippen LogP contribution in [0.1, 0.15) is 17.8 Å². The van der Waals surface area contributed by atoms with Gasteiger partial charge >= 0.3 is 12.0 Å². The zero-order valence-electron chi connectivity index (χ0n) is 11.0. The maximum atomic E-state index is 11.9. The minimum absolute atomic E-state index is 0.0162. The highest BCUT2D eigenvalue weighted by Crippen LogP contribution is 2.18. The second-order valence-electron chi connectivity index (χ2n) is 4.70. The number of aliphatic hydroxyl groups excluding tert-OH is 1. The highest BCUT2D eigenvalue weighted by atomic mass is 16.4. The molecule has 3 N–H and O–H groups in total. The van der Waals surface area contributed by atoms with E-state index in [1.165, 1.54) is 0 Å². The number of likely N-dealkylation sites (tertiary alicyclic amines) is 1. The second kappa shape index (κ2) is 5.83. The first-order chi connectivity index (χ1) is 9.47. The van der Waals surface area contributed by atoms with Gasteiger partial charge in [0, 0.05) is 19.2 Å². The van der Waals surface area contributed by atoms with Gasteiger partial charge < -0.3 is 20.4 Å². The van der Waals surface area contributed by atoms with Gasteiger partial charge in [0.15, 0.2) is 0 Å². The van der Waals surface area contributed by atoms with Crippen LogP contribution in [0.25, 0.3) is 0 Å². The summed E-state index contributed by atoms with van der Waals surface area (Å²) in [7, 11) is 0. The molecule has 1 aromatic heterocycles. The van der Waals surface area contributed by atoms with Crippen LogP contribution >= 0.6 is 0 Å². The van der Waals surface area contributed by atoms with Gasteiger partial charge in [0.1, 0.15) is 6.04 Å². The molecule has 1 aromatic rings. The Balaban J connectivity index is 1.94. The van der Waals surface area contributed by atoms with Crippen molar-refractivity contribution in [1.29, 1.82) is 0 Å². The number of nitrogens with one attached hydrogen (secondary N) is 1. The Kier molecular flexibility index (Phi) is 4.14. The van der Waals surface area contributed by atoms with Gasteiger partial charge in [-0.2, -0.15) is 0 Å². The highest BCUT2D eigenvalue weighted by molar-refractivity contribution is 5.83. The summed E-state index contributed by atoms with van der Waals surface area (Å²) >= 11 is 0. The fraction of sp³-hybridized carbons (Fsp3) is 0.500. The first kappa shape index (κ1) is 14.2. The Hall–Kier alpha value is -2.22. The number of amides is 2. The molecule has 20 heavy (non-hydrogen) atoms. The fourth-order valence-corrected chi connectivity index (χ4v) is 2.05. The topological polar surface area (TPSA) is 116 Å². The number of urea groups is 1. The molecule has 8 heteroatoms. The molecule has 0 saturated carbocycles. The van der Waals surface area contributed by atoms with Crippen LogP contribution < -0.4 is 5.32 Å². The SMILES string of the molecule is Cc1cnc(CNC(=O)N2C[C@H](O)C[C@@H]2C(=O)O)cn1. The number of hydrogen-bond donors (Lipinski definition) is 3. The van der Waals surface area contributed by atoms with Crippen LogP contribution in [0.15, 0.2) is 12.4 Å². The zero-order chi connectivity index (χ0) is 14.7. The number of hydrogen-bond acceptors (Lipinski definition) is 5. The van der Waals surface area contributed by atoms with Gasteiger partial charge in [0.05, 0.1) is 30.2 Å². The Morgan fingerprint density at radius 2 is 2.20 bits per heavy atom. The van der Waals surface area contributed by atoms with Gasteiger partial charge in [-0.3, -0.25) is 9.97 Å². The molecule has 2 rings (SSSR count). The van der Waals surface area contributed by atoms with E-state index in [-0.39, 0.29) is 19.5 Å². The smallest absolute Gasteiger partial charge is 0.326 e. The van der Waals surface area contributed by atoms with E-state index in [0.717, 1.165) is 10.6 Å². The van der Waals surface area contributed by atoms with E-state index < -0.39 is 24.1 Å². The van der Waals surface area contributed by atoms with Gasteiger partial charge in [-0.05, 0) is 6.92 Å². The van der Waals surface area contributed by atoms with E-state index >= 15 is 0 Å². The van der Waals surface area contributed by atoms with Crippen molar-refractivity contribution >= 4 is 12.0 Å². The molecule has 1 fully saturated rings. The van der Waals surface area contributed by atoms with Crippen molar-refractivity contribution in [2.24, 2.45) is 0 Å². The molecule has 8 nitrogen and oxygen atoms in total. The summed E-state index contributed by atoms with van der Waals surface area (Å²) in [6, 6.07) is -1.52. The number of rotatable bonds is 3. The molecule has 2 heterocycles. The highest BCUT2D eigenvalue weighted by Gasteiger charge is 2.38. The second-order valence-corrected chi connectivity index (χ2v) is 4.70. The van der Waals surface area contributed by atoms with E-state index in [0.29, 0.717) is 5.69 Å². The maximum Gasteiger partial charge on any atom is 0.326 e. The molecule has 0 radical (unpaired) electrons. The van der Waals surface area contributed by atoms with Crippen molar-refractivity contribution in [3.8, 4) is 0 Å². The van der Waals surface area contributed by atoms with E-state index in [9.17, 15) is 14.7 Å². The van der Waals surface area contributed by atoms with Crippen LogP contribution in [0.4, 0.5) is 4.79 Å². The first-order valence-electron chi connectivity index (χ1n) is 6.20. The summed E-state index contributed by atoms with van der Waals surface area (Å²) in [6.45, 7) is 1.98. The van der Waals surface area contributed by atoms with Crippen molar-refractivity contribution in [3.63, 3.8) is 0 Å². The van der Waals surface area contributed by atoms with Crippen molar-refractivity contribution in [2.45, 2.75) is 32.0 Å². The van der Waals surface area contributed by atoms with Crippen LogP contribution in [-0.2, 0) is 11.3 Å². The average Bonchev–Trinajstić information content (AvgIpc) is 2.80. The maximum absolute atomic E-state index is 11.9. The number of carboxylic acid groups (broad SMARTS) is 1. The summed E-state index contributed by atoms with van der Waals surface area (Å²) in [5.74, 6) is -1.12. The van der Waals surface area contributed by atoms with Gasteiger partial charge in [-0.1, -0.05) is 0 Å². The third kappa shape index (κ3) is 3.21. The first-order valence-corrected chi connectivity index (χ1v) is 6.20. The summed E-state index contributed by atoms with van der Waals surface area (Å²) < 4.78 is 0. The third-order valence-corrected chi connectivity index (χ3v) is 3.08. The zero-order valence-corrected chi connectivity index (χ0v) is 11.0.